The van der Waals surface area contributed by atoms with Crippen LogP contribution in [0.3, 0.4) is 0 Å². The Bertz CT molecular complexity index is 481. The van der Waals surface area contributed by atoms with Crippen LogP contribution in [0.2, 0.25) is 0 Å². The Morgan fingerprint density at radius 2 is 2.24 bits per heavy atom. The molecule has 4 nitrogen and oxygen atoms in total. The molecule has 1 unspecified atom stereocenters. The van der Waals surface area contributed by atoms with Crippen LogP contribution in [-0.4, -0.2) is 41.5 Å². The number of nitrogens with zero attached hydrogens (tertiary/aromatic N) is 2. The summed E-state index contributed by atoms with van der Waals surface area (Å²) < 4.78 is 37.4. The lowest BCUT2D eigenvalue weighted by molar-refractivity contribution is -0.141. The summed E-state index contributed by atoms with van der Waals surface area (Å²) in [7, 11) is 0. The predicted octanol–water partition coefficient (Wildman–Crippen LogP) is 2.31. The van der Waals surface area contributed by atoms with Crippen LogP contribution in [0.25, 0.3) is 0 Å². The molecule has 1 aromatic heterocycles. The van der Waals surface area contributed by atoms with Crippen molar-refractivity contribution in [3.63, 3.8) is 0 Å². The first-order valence-electron chi connectivity index (χ1n) is 6.98. The lowest BCUT2D eigenvalue weighted by atomic mass is 10.0. The third kappa shape index (κ3) is 3.72. The second-order valence-electron chi connectivity index (χ2n) is 5.02. The third-order valence-corrected chi connectivity index (χ3v) is 3.61. The summed E-state index contributed by atoms with van der Waals surface area (Å²) in [6.07, 6.45) is -1.59. The summed E-state index contributed by atoms with van der Waals surface area (Å²) >= 11 is 0. The Morgan fingerprint density at radius 3 is 2.71 bits per heavy atom. The molecule has 1 saturated heterocycles. The number of halogens is 3. The fourth-order valence-electron chi connectivity index (χ4n) is 2.52. The number of rotatable bonds is 3. The first kappa shape index (κ1) is 15.8. The minimum absolute atomic E-state index is 0.0820. The Kier molecular flexibility index (Phi) is 4.82. The van der Waals surface area contributed by atoms with Crippen LogP contribution in [-0.2, 0) is 6.18 Å². The molecule has 21 heavy (non-hydrogen) atoms. The molecular formula is C14H18F3N3O. The largest absolute Gasteiger partial charge is 0.433 e. The Hall–Kier alpha value is -1.63. The van der Waals surface area contributed by atoms with E-state index in [1.807, 2.05) is 6.92 Å². The van der Waals surface area contributed by atoms with Crippen molar-refractivity contribution in [2.24, 2.45) is 0 Å². The molecule has 1 N–H and O–H groups in total. The number of piperidine rings is 1. The van der Waals surface area contributed by atoms with E-state index in [4.69, 9.17) is 0 Å². The monoisotopic (exact) mass is 301 g/mol. The van der Waals surface area contributed by atoms with E-state index in [0.29, 0.717) is 13.1 Å². The standard InChI is InChI=1S/C14H18F3N3O/c1-2-20(11-4-3-7-18-9-11)13(21)10-5-6-12(19-8-10)14(15,16)17/h5-6,8,11,18H,2-4,7,9H2,1H3. The topological polar surface area (TPSA) is 45.2 Å². The van der Waals surface area contributed by atoms with Gasteiger partial charge in [-0.05, 0) is 38.4 Å². The Morgan fingerprint density at radius 1 is 1.48 bits per heavy atom. The van der Waals surface area contributed by atoms with Crippen molar-refractivity contribution in [3.8, 4) is 0 Å². The van der Waals surface area contributed by atoms with E-state index in [1.165, 1.54) is 6.07 Å². The molecule has 116 valence electrons. The summed E-state index contributed by atoms with van der Waals surface area (Å²) in [6, 6.07) is 2.12. The van der Waals surface area contributed by atoms with E-state index in [0.717, 1.165) is 31.6 Å². The van der Waals surface area contributed by atoms with E-state index >= 15 is 0 Å². The van der Waals surface area contributed by atoms with Crippen LogP contribution in [0.5, 0.6) is 0 Å². The predicted molar refractivity (Wildman–Crippen MR) is 71.8 cm³/mol. The lowest BCUT2D eigenvalue weighted by Crippen LogP contribution is -2.48. The normalized spacial score (nSPS) is 19.3. The zero-order chi connectivity index (χ0) is 15.5. The van der Waals surface area contributed by atoms with Gasteiger partial charge in [0.1, 0.15) is 5.69 Å². The number of pyridine rings is 1. The highest BCUT2D eigenvalue weighted by Crippen LogP contribution is 2.27. The minimum Gasteiger partial charge on any atom is -0.335 e. The van der Waals surface area contributed by atoms with Crippen LogP contribution in [0.1, 0.15) is 35.8 Å². The van der Waals surface area contributed by atoms with Crippen molar-refractivity contribution < 1.29 is 18.0 Å². The highest BCUT2D eigenvalue weighted by molar-refractivity contribution is 5.94. The molecule has 0 aliphatic carbocycles. The SMILES string of the molecule is CCN(C(=O)c1ccc(C(F)(F)F)nc1)C1CCCNC1. The number of alkyl halides is 3. The van der Waals surface area contributed by atoms with Crippen LogP contribution in [0.4, 0.5) is 13.2 Å². The van der Waals surface area contributed by atoms with E-state index in [2.05, 4.69) is 10.3 Å². The quantitative estimate of drug-likeness (QED) is 0.932. The van der Waals surface area contributed by atoms with Crippen LogP contribution in [0, 0.1) is 0 Å². The van der Waals surface area contributed by atoms with E-state index in [1.54, 1.807) is 4.90 Å². The number of hydrogen-bond donors (Lipinski definition) is 1. The molecule has 1 aromatic rings. The molecule has 0 spiro atoms. The molecule has 0 aromatic carbocycles. The first-order valence-corrected chi connectivity index (χ1v) is 6.98. The number of carbonyl (C=O) groups excluding carboxylic acids is 1. The molecule has 1 fully saturated rings. The maximum absolute atomic E-state index is 12.5. The van der Waals surface area contributed by atoms with Crippen molar-refractivity contribution in [2.45, 2.75) is 32.0 Å². The lowest BCUT2D eigenvalue weighted by Gasteiger charge is -2.34. The number of nitrogens with one attached hydrogen (secondary N) is 1. The fraction of sp³-hybridized carbons (Fsp3) is 0.571. The number of aromatic nitrogens is 1. The maximum Gasteiger partial charge on any atom is 0.433 e. The van der Waals surface area contributed by atoms with Gasteiger partial charge >= 0.3 is 6.18 Å². The van der Waals surface area contributed by atoms with E-state index < -0.39 is 11.9 Å². The molecule has 1 amide bonds. The molecule has 0 radical (unpaired) electrons. The summed E-state index contributed by atoms with van der Waals surface area (Å²) in [6.45, 7) is 4.04. The molecule has 2 rings (SSSR count). The maximum atomic E-state index is 12.5. The Labute approximate surface area is 121 Å². The summed E-state index contributed by atoms with van der Waals surface area (Å²) in [5.41, 5.74) is -0.795. The molecule has 1 aliphatic rings. The van der Waals surface area contributed by atoms with Gasteiger partial charge in [-0.3, -0.25) is 9.78 Å². The third-order valence-electron chi connectivity index (χ3n) is 3.61. The first-order chi connectivity index (χ1) is 9.93. The zero-order valence-electron chi connectivity index (χ0n) is 11.8. The fourth-order valence-corrected chi connectivity index (χ4v) is 2.52. The van der Waals surface area contributed by atoms with Crippen molar-refractivity contribution in [1.29, 1.82) is 0 Å². The zero-order valence-corrected chi connectivity index (χ0v) is 11.8. The van der Waals surface area contributed by atoms with Gasteiger partial charge in [-0.2, -0.15) is 13.2 Å². The Balaban J connectivity index is 2.13. The van der Waals surface area contributed by atoms with Gasteiger partial charge in [0.25, 0.3) is 5.91 Å². The van der Waals surface area contributed by atoms with Gasteiger partial charge in [0.05, 0.1) is 5.56 Å². The van der Waals surface area contributed by atoms with Gasteiger partial charge in [-0.15, -0.1) is 0 Å². The van der Waals surface area contributed by atoms with E-state index in [9.17, 15) is 18.0 Å². The molecule has 7 heteroatoms. The number of hydrogen-bond acceptors (Lipinski definition) is 3. The van der Waals surface area contributed by atoms with Gasteiger partial charge in [-0.1, -0.05) is 0 Å². The molecule has 1 atom stereocenters. The van der Waals surface area contributed by atoms with Gasteiger partial charge in [0, 0.05) is 25.3 Å². The van der Waals surface area contributed by atoms with Crippen molar-refractivity contribution >= 4 is 5.91 Å². The van der Waals surface area contributed by atoms with Crippen molar-refractivity contribution in [3.05, 3.63) is 29.6 Å². The summed E-state index contributed by atoms with van der Waals surface area (Å²) in [5.74, 6) is -0.271. The molecular weight excluding hydrogens is 283 g/mol. The summed E-state index contributed by atoms with van der Waals surface area (Å²) in [5, 5.41) is 3.23. The number of carbonyl (C=O) groups is 1. The van der Waals surface area contributed by atoms with Gasteiger partial charge < -0.3 is 10.2 Å². The molecule has 0 bridgehead atoms. The van der Waals surface area contributed by atoms with Gasteiger partial charge in [-0.25, -0.2) is 0 Å². The average Bonchev–Trinajstić information content (AvgIpc) is 2.48. The molecule has 2 heterocycles. The second kappa shape index (κ2) is 6.43. The second-order valence-corrected chi connectivity index (χ2v) is 5.02. The van der Waals surface area contributed by atoms with E-state index in [-0.39, 0.29) is 17.5 Å². The van der Waals surface area contributed by atoms with Gasteiger partial charge in [0.2, 0.25) is 0 Å². The van der Waals surface area contributed by atoms with Crippen molar-refractivity contribution in [1.82, 2.24) is 15.2 Å². The average molecular weight is 301 g/mol. The summed E-state index contributed by atoms with van der Waals surface area (Å²) in [4.78, 5) is 17.4. The van der Waals surface area contributed by atoms with Crippen molar-refractivity contribution in [2.75, 3.05) is 19.6 Å². The van der Waals surface area contributed by atoms with Gasteiger partial charge in [0.15, 0.2) is 0 Å². The number of amides is 1. The molecule has 0 saturated carbocycles. The minimum atomic E-state index is -4.49. The highest BCUT2D eigenvalue weighted by atomic mass is 19.4. The van der Waals surface area contributed by atoms with Crippen LogP contribution in [0.15, 0.2) is 18.3 Å². The van der Waals surface area contributed by atoms with Crippen LogP contribution >= 0.6 is 0 Å². The number of likely N-dealkylation sites (N-methyl/N-ethyl adjacent to an activating group) is 1. The van der Waals surface area contributed by atoms with Crippen LogP contribution < -0.4 is 5.32 Å². The highest BCUT2D eigenvalue weighted by Gasteiger charge is 2.32. The smallest absolute Gasteiger partial charge is 0.335 e. The molecule has 1 aliphatic heterocycles.